The van der Waals surface area contributed by atoms with E-state index in [-0.39, 0.29) is 0 Å². The summed E-state index contributed by atoms with van der Waals surface area (Å²) in [7, 11) is -1.25. The molecule has 0 bridgehead atoms. The van der Waals surface area contributed by atoms with E-state index in [9.17, 15) is 0 Å². The molecular formula is C35H62Si2. The molecule has 0 atom stereocenters. The summed E-state index contributed by atoms with van der Waals surface area (Å²) in [5.74, 6) is 12.4. The molecule has 3 aliphatic carbocycles. The third kappa shape index (κ3) is 18.1. The Morgan fingerprint density at radius 2 is 0.784 bits per heavy atom. The van der Waals surface area contributed by atoms with E-state index in [0.717, 1.165) is 24.2 Å². The Hall–Kier alpha value is -0.886. The maximum atomic E-state index is 5.21. The van der Waals surface area contributed by atoms with Gasteiger partial charge in [-0.05, 0) is 56.3 Å². The molecule has 210 valence electrons. The van der Waals surface area contributed by atoms with Crippen LogP contribution in [0.5, 0.6) is 0 Å². The standard InChI is InChI=1S/2C13H24Si.C9H14/c2*1-3-14(4-2)12-8-11-13-9-6-5-7-10-13;1-2-6-9-7-4-3-5-8-9/h2*13-14H,3-7,9-11H2,1-2H3;1,9H,3-8H2. The molecule has 0 heterocycles. The number of rotatable bonds is 7. The van der Waals surface area contributed by atoms with Crippen LogP contribution >= 0.6 is 0 Å². The first kappa shape index (κ1) is 34.1. The SMILES string of the molecule is C#CCC1CCCCC1.CC[SiH](C#CCC1CCCCC1)CC.CC[SiH](C#CCC1CCCCC1)CC. The molecule has 0 unspecified atom stereocenters. The second kappa shape index (κ2) is 24.2. The molecule has 0 radical (unpaired) electrons. The summed E-state index contributed by atoms with van der Waals surface area (Å²) < 4.78 is 0. The molecular weight excluding hydrogens is 477 g/mol. The minimum absolute atomic E-state index is 0.625. The predicted molar refractivity (Wildman–Crippen MR) is 174 cm³/mol. The van der Waals surface area contributed by atoms with Gasteiger partial charge in [0.15, 0.2) is 0 Å². The third-order valence-corrected chi connectivity index (χ3v) is 14.1. The van der Waals surface area contributed by atoms with Gasteiger partial charge in [0.25, 0.3) is 0 Å². The summed E-state index contributed by atoms with van der Waals surface area (Å²) in [5, 5.41) is 0. The fourth-order valence-corrected chi connectivity index (χ4v) is 8.81. The largest absolute Gasteiger partial charge is 0.135 e. The summed E-state index contributed by atoms with van der Waals surface area (Å²) >= 11 is 0. The quantitative estimate of drug-likeness (QED) is 0.223. The fraction of sp³-hybridized carbons (Fsp3) is 0.829. The first-order valence-electron chi connectivity index (χ1n) is 16.6. The minimum atomic E-state index is -0.625. The fourth-order valence-electron chi connectivity index (χ4n) is 6.02. The number of terminal acetylenes is 1. The lowest BCUT2D eigenvalue weighted by atomic mass is 9.87. The van der Waals surface area contributed by atoms with Crippen molar-refractivity contribution in [2.45, 2.75) is 167 Å². The van der Waals surface area contributed by atoms with E-state index in [4.69, 9.17) is 6.42 Å². The molecule has 0 aromatic rings. The van der Waals surface area contributed by atoms with Gasteiger partial charge in [-0.25, -0.2) is 0 Å². The van der Waals surface area contributed by atoms with Crippen LogP contribution in [0.2, 0.25) is 24.2 Å². The van der Waals surface area contributed by atoms with Crippen LogP contribution in [0.15, 0.2) is 0 Å². The molecule has 3 aliphatic rings. The molecule has 3 fully saturated rings. The number of hydrogen-bond donors (Lipinski definition) is 0. The highest BCUT2D eigenvalue weighted by atomic mass is 28.3. The summed E-state index contributed by atoms with van der Waals surface area (Å²) in [4.78, 5) is 0. The van der Waals surface area contributed by atoms with Crippen molar-refractivity contribution < 1.29 is 0 Å². The summed E-state index contributed by atoms with van der Waals surface area (Å²) in [5.41, 5.74) is 7.11. The van der Waals surface area contributed by atoms with Gasteiger partial charge in [-0.1, -0.05) is 110 Å². The van der Waals surface area contributed by atoms with Crippen molar-refractivity contribution in [2.24, 2.45) is 17.8 Å². The lowest BCUT2D eigenvalue weighted by Crippen LogP contribution is -2.07. The van der Waals surface area contributed by atoms with Crippen molar-refractivity contribution in [2.75, 3.05) is 0 Å². The van der Waals surface area contributed by atoms with Crippen LogP contribution in [-0.4, -0.2) is 17.6 Å². The average molecular weight is 539 g/mol. The highest BCUT2D eigenvalue weighted by Gasteiger charge is 2.13. The Morgan fingerprint density at radius 3 is 1.05 bits per heavy atom. The van der Waals surface area contributed by atoms with Gasteiger partial charge in [-0.15, -0.1) is 35.3 Å². The second-order valence-corrected chi connectivity index (χ2v) is 18.6. The molecule has 37 heavy (non-hydrogen) atoms. The van der Waals surface area contributed by atoms with E-state index in [1.54, 1.807) is 0 Å². The molecule has 0 nitrogen and oxygen atoms in total. The Kier molecular flexibility index (Phi) is 22.3. The molecule has 3 rings (SSSR count). The lowest BCUT2D eigenvalue weighted by molar-refractivity contribution is 0.365. The molecule has 0 aromatic carbocycles. The van der Waals surface area contributed by atoms with Crippen LogP contribution in [0.4, 0.5) is 0 Å². The van der Waals surface area contributed by atoms with Gasteiger partial charge in [0.05, 0.1) is 0 Å². The van der Waals surface area contributed by atoms with E-state index >= 15 is 0 Å². The molecule has 0 N–H and O–H groups in total. The molecule has 2 heteroatoms. The normalized spacial score (nSPS) is 18.7. The molecule has 3 saturated carbocycles. The maximum absolute atomic E-state index is 5.21. The summed E-state index contributed by atoms with van der Waals surface area (Å²) in [6.45, 7) is 9.21. The van der Waals surface area contributed by atoms with Crippen molar-refractivity contribution in [1.29, 1.82) is 0 Å². The van der Waals surface area contributed by atoms with Gasteiger partial charge < -0.3 is 0 Å². The van der Waals surface area contributed by atoms with E-state index in [0.29, 0.717) is 0 Å². The van der Waals surface area contributed by atoms with Crippen LogP contribution < -0.4 is 0 Å². The smallest absolute Gasteiger partial charge is 0.122 e. The first-order valence-corrected chi connectivity index (χ1v) is 21.0. The molecule has 0 spiro atoms. The van der Waals surface area contributed by atoms with Gasteiger partial charge >= 0.3 is 0 Å². The Labute approximate surface area is 237 Å². The zero-order chi connectivity index (χ0) is 27.0. The summed E-state index contributed by atoms with van der Waals surface area (Å²) in [6, 6.07) is 5.42. The Balaban J connectivity index is 0.000000285. The van der Waals surface area contributed by atoms with Crippen molar-refractivity contribution in [3.63, 3.8) is 0 Å². The highest BCUT2D eigenvalue weighted by Crippen LogP contribution is 2.27. The topological polar surface area (TPSA) is 0 Å². The monoisotopic (exact) mass is 538 g/mol. The van der Waals surface area contributed by atoms with Crippen LogP contribution in [0, 0.1) is 53.0 Å². The molecule has 0 aromatic heterocycles. The van der Waals surface area contributed by atoms with Crippen molar-refractivity contribution >= 4 is 17.6 Å². The van der Waals surface area contributed by atoms with Crippen molar-refractivity contribution in [1.82, 2.24) is 0 Å². The van der Waals surface area contributed by atoms with E-state index in [1.807, 2.05) is 0 Å². The van der Waals surface area contributed by atoms with Crippen molar-refractivity contribution in [3.8, 4) is 35.3 Å². The minimum Gasteiger partial charge on any atom is -0.135 e. The highest BCUT2D eigenvalue weighted by molar-refractivity contribution is 6.67. The summed E-state index contributed by atoms with van der Waals surface area (Å²) in [6.07, 6.45) is 30.1. The predicted octanol–water partition coefficient (Wildman–Crippen LogP) is 10.1. The van der Waals surface area contributed by atoms with E-state index in [2.05, 4.69) is 56.5 Å². The Bertz CT molecular complexity index is 625. The molecule has 0 amide bonds. The van der Waals surface area contributed by atoms with Gasteiger partial charge in [-0.2, -0.15) is 0 Å². The molecule has 0 aliphatic heterocycles. The zero-order valence-corrected chi connectivity index (χ0v) is 27.8. The Morgan fingerprint density at radius 1 is 0.486 bits per heavy atom. The van der Waals surface area contributed by atoms with Gasteiger partial charge in [0.2, 0.25) is 0 Å². The van der Waals surface area contributed by atoms with Gasteiger partial charge in [0.1, 0.15) is 17.6 Å². The van der Waals surface area contributed by atoms with E-state index in [1.165, 1.54) is 133 Å². The zero-order valence-electron chi connectivity index (χ0n) is 25.5. The van der Waals surface area contributed by atoms with Crippen LogP contribution in [0.3, 0.4) is 0 Å². The maximum Gasteiger partial charge on any atom is 0.122 e. The average Bonchev–Trinajstić information content (AvgIpc) is 2.96. The van der Waals surface area contributed by atoms with Crippen LogP contribution in [0.25, 0.3) is 0 Å². The lowest BCUT2D eigenvalue weighted by Gasteiger charge is -2.18. The van der Waals surface area contributed by atoms with Gasteiger partial charge in [-0.3, -0.25) is 0 Å². The van der Waals surface area contributed by atoms with Crippen LogP contribution in [0.1, 0.15) is 143 Å². The second-order valence-electron chi connectivity index (χ2n) is 12.0. The third-order valence-electron chi connectivity index (χ3n) is 8.95. The van der Waals surface area contributed by atoms with Crippen molar-refractivity contribution in [3.05, 3.63) is 0 Å². The molecule has 0 saturated heterocycles. The van der Waals surface area contributed by atoms with Crippen LogP contribution in [-0.2, 0) is 0 Å². The van der Waals surface area contributed by atoms with Gasteiger partial charge in [0, 0.05) is 19.3 Å². The van der Waals surface area contributed by atoms with E-state index < -0.39 is 17.6 Å². The number of hydrogen-bond acceptors (Lipinski definition) is 0. The first-order chi connectivity index (χ1) is 18.2.